The molecular weight excluding hydrogens is 418 g/mol. The van der Waals surface area contributed by atoms with Crippen LogP contribution >= 0.6 is 11.3 Å². The number of aromatic nitrogens is 1. The first-order valence-electron chi connectivity index (χ1n) is 10.7. The van der Waals surface area contributed by atoms with Gasteiger partial charge >= 0.3 is 0 Å². The van der Waals surface area contributed by atoms with Crippen molar-refractivity contribution in [3.05, 3.63) is 110 Å². The van der Waals surface area contributed by atoms with E-state index < -0.39 is 0 Å². The minimum Gasteiger partial charge on any atom is -0.309 e. The molecule has 0 saturated carbocycles. The first kappa shape index (κ1) is 20.4. The molecule has 0 fully saturated rings. The van der Waals surface area contributed by atoms with Crippen molar-refractivity contribution in [2.45, 2.75) is 32.2 Å². The predicted molar refractivity (Wildman–Crippen MR) is 128 cm³/mol. The third kappa shape index (κ3) is 3.89. The van der Waals surface area contributed by atoms with Gasteiger partial charge in [-0.25, -0.2) is 4.99 Å². The van der Waals surface area contributed by atoms with Crippen LogP contribution in [0.3, 0.4) is 0 Å². The Morgan fingerprint density at radius 2 is 1.88 bits per heavy atom. The number of hydrogen-bond donors (Lipinski definition) is 0. The second kappa shape index (κ2) is 8.55. The summed E-state index contributed by atoms with van der Waals surface area (Å²) in [4.78, 5) is 16.7. The fourth-order valence-electron chi connectivity index (χ4n) is 4.47. The van der Waals surface area contributed by atoms with Gasteiger partial charge in [0.05, 0.1) is 22.3 Å². The van der Waals surface area contributed by atoms with E-state index in [-0.39, 0.29) is 16.7 Å². The molecule has 1 aliphatic rings. The molecule has 160 valence electrons. The summed E-state index contributed by atoms with van der Waals surface area (Å²) in [6.45, 7) is 2.07. The largest absolute Gasteiger partial charge is 0.309 e. The molecule has 1 aliphatic carbocycles. The molecule has 0 aliphatic heterocycles. The Morgan fingerprint density at radius 1 is 1.06 bits per heavy atom. The molecule has 0 amide bonds. The number of aryl methyl sites for hydroxylation is 2. The molecule has 0 N–H and O–H groups in total. The Hall–Kier alpha value is -3.51. The summed E-state index contributed by atoms with van der Waals surface area (Å²) in [6, 6.07) is 23.9. The molecule has 1 aromatic heterocycles. The van der Waals surface area contributed by atoms with Gasteiger partial charge in [-0.3, -0.25) is 10.1 Å². The molecular formula is C26H23N3O2S. The molecule has 3 aromatic carbocycles. The number of rotatable bonds is 4. The van der Waals surface area contributed by atoms with Crippen LogP contribution in [0.4, 0.5) is 11.4 Å². The van der Waals surface area contributed by atoms with Crippen LogP contribution in [-0.2, 0) is 6.42 Å². The summed E-state index contributed by atoms with van der Waals surface area (Å²) in [5, 5.41) is 13.2. The van der Waals surface area contributed by atoms with Crippen LogP contribution in [0.15, 0.2) is 83.2 Å². The average Bonchev–Trinajstić information content (AvgIpc) is 3.22. The smallest absolute Gasteiger partial charge is 0.269 e. The van der Waals surface area contributed by atoms with Gasteiger partial charge < -0.3 is 4.57 Å². The van der Waals surface area contributed by atoms with Crippen LogP contribution in [0.2, 0.25) is 0 Å². The quantitative estimate of drug-likeness (QED) is 0.265. The fourth-order valence-corrected chi connectivity index (χ4v) is 5.44. The van der Waals surface area contributed by atoms with Gasteiger partial charge in [0.15, 0.2) is 4.80 Å². The Labute approximate surface area is 190 Å². The lowest BCUT2D eigenvalue weighted by Crippen LogP contribution is -2.26. The van der Waals surface area contributed by atoms with Gasteiger partial charge in [0.2, 0.25) is 0 Å². The molecule has 5 nitrogen and oxygen atoms in total. The molecule has 0 radical (unpaired) electrons. The molecule has 4 aromatic rings. The monoisotopic (exact) mass is 441 g/mol. The molecule has 32 heavy (non-hydrogen) atoms. The zero-order chi connectivity index (χ0) is 22.1. The van der Waals surface area contributed by atoms with Gasteiger partial charge in [-0.15, -0.1) is 11.3 Å². The van der Waals surface area contributed by atoms with Gasteiger partial charge in [-0.1, -0.05) is 36.4 Å². The van der Waals surface area contributed by atoms with Crippen molar-refractivity contribution >= 4 is 22.7 Å². The molecule has 5 rings (SSSR count). The molecule has 0 saturated heterocycles. The highest BCUT2D eigenvalue weighted by molar-refractivity contribution is 7.07. The summed E-state index contributed by atoms with van der Waals surface area (Å²) in [6.07, 6.45) is 3.25. The zero-order valence-electron chi connectivity index (χ0n) is 17.8. The molecule has 1 atom stereocenters. The lowest BCUT2D eigenvalue weighted by Gasteiger charge is -2.28. The van der Waals surface area contributed by atoms with Crippen molar-refractivity contribution in [1.29, 1.82) is 0 Å². The van der Waals surface area contributed by atoms with Crippen molar-refractivity contribution in [3.8, 4) is 11.3 Å². The maximum Gasteiger partial charge on any atom is 0.269 e. The summed E-state index contributed by atoms with van der Waals surface area (Å²) >= 11 is 1.61. The van der Waals surface area contributed by atoms with Crippen LogP contribution in [0.5, 0.6) is 0 Å². The van der Waals surface area contributed by atoms with E-state index in [1.807, 2.05) is 24.3 Å². The second-order valence-electron chi connectivity index (χ2n) is 8.14. The van der Waals surface area contributed by atoms with Crippen molar-refractivity contribution in [2.24, 2.45) is 4.99 Å². The predicted octanol–water partition coefficient (Wildman–Crippen LogP) is 6.59. The van der Waals surface area contributed by atoms with Crippen molar-refractivity contribution in [2.75, 3.05) is 0 Å². The third-order valence-corrected chi connectivity index (χ3v) is 6.83. The first-order chi connectivity index (χ1) is 15.6. The van der Waals surface area contributed by atoms with Crippen molar-refractivity contribution in [3.63, 3.8) is 0 Å². The number of benzene rings is 3. The van der Waals surface area contributed by atoms with Gasteiger partial charge in [-0.05, 0) is 72.7 Å². The van der Waals surface area contributed by atoms with Gasteiger partial charge in [-0.2, -0.15) is 0 Å². The fraction of sp³-hybridized carbons (Fsp3) is 0.192. The maximum atomic E-state index is 11.1. The Balaban J connectivity index is 1.71. The van der Waals surface area contributed by atoms with E-state index >= 15 is 0 Å². The van der Waals surface area contributed by atoms with E-state index in [1.165, 1.54) is 16.7 Å². The topological polar surface area (TPSA) is 60.4 Å². The summed E-state index contributed by atoms with van der Waals surface area (Å²) in [5.74, 6) is 0. The first-order valence-corrected chi connectivity index (χ1v) is 11.6. The van der Waals surface area contributed by atoms with Crippen LogP contribution < -0.4 is 4.80 Å². The summed E-state index contributed by atoms with van der Waals surface area (Å²) in [7, 11) is 0. The standard InChI is InChI=1S/C26H23N3O2S/c1-18-6-4-9-21(16-18)27-26-28(24-11-5-8-19-7-2-3-10-23(19)24)25(17-32-26)20-12-14-22(15-13-20)29(30)31/h2-4,6-7,9-10,12-17,24H,5,8,11H2,1H3. The summed E-state index contributed by atoms with van der Waals surface area (Å²) in [5.41, 5.74) is 6.93. The molecule has 0 bridgehead atoms. The van der Waals surface area contributed by atoms with E-state index in [9.17, 15) is 10.1 Å². The normalized spacial score (nSPS) is 16.0. The van der Waals surface area contributed by atoms with Crippen molar-refractivity contribution in [1.82, 2.24) is 4.57 Å². The van der Waals surface area contributed by atoms with Gasteiger partial charge in [0, 0.05) is 17.5 Å². The molecule has 6 heteroatoms. The number of nitro groups is 1. The van der Waals surface area contributed by atoms with Crippen LogP contribution in [0, 0.1) is 17.0 Å². The van der Waals surface area contributed by atoms with E-state index in [0.717, 1.165) is 41.0 Å². The number of nitro benzene ring substituents is 1. The SMILES string of the molecule is Cc1cccc(N=c2scc(-c3ccc([N+](=O)[O-])cc3)n2C2CCCc3ccccc32)c1. The van der Waals surface area contributed by atoms with E-state index in [2.05, 4.69) is 53.3 Å². The van der Waals surface area contributed by atoms with E-state index in [1.54, 1.807) is 23.5 Å². The molecule has 1 unspecified atom stereocenters. The summed E-state index contributed by atoms with van der Waals surface area (Å²) < 4.78 is 2.33. The average molecular weight is 442 g/mol. The Morgan fingerprint density at radius 3 is 2.66 bits per heavy atom. The second-order valence-corrected chi connectivity index (χ2v) is 8.97. The number of nitrogens with zero attached hydrogens (tertiary/aromatic N) is 3. The zero-order valence-corrected chi connectivity index (χ0v) is 18.6. The van der Waals surface area contributed by atoms with Crippen LogP contribution in [0.1, 0.15) is 35.6 Å². The van der Waals surface area contributed by atoms with E-state index in [4.69, 9.17) is 4.99 Å². The van der Waals surface area contributed by atoms with Gasteiger partial charge in [0.1, 0.15) is 0 Å². The highest BCUT2D eigenvalue weighted by Crippen LogP contribution is 2.36. The third-order valence-electron chi connectivity index (χ3n) is 5.99. The Kier molecular flexibility index (Phi) is 5.45. The number of fused-ring (bicyclic) bond motifs is 1. The Bertz CT molecular complexity index is 1350. The van der Waals surface area contributed by atoms with Crippen molar-refractivity contribution < 1.29 is 4.92 Å². The number of hydrogen-bond acceptors (Lipinski definition) is 4. The number of non-ortho nitro benzene ring substituents is 1. The lowest BCUT2D eigenvalue weighted by atomic mass is 9.87. The van der Waals surface area contributed by atoms with Crippen LogP contribution in [-0.4, -0.2) is 9.49 Å². The molecule has 1 heterocycles. The number of thiazole rings is 1. The highest BCUT2D eigenvalue weighted by atomic mass is 32.1. The highest BCUT2D eigenvalue weighted by Gasteiger charge is 2.25. The molecule has 0 spiro atoms. The van der Waals surface area contributed by atoms with Gasteiger partial charge in [0.25, 0.3) is 5.69 Å². The maximum absolute atomic E-state index is 11.1. The van der Waals surface area contributed by atoms with Crippen LogP contribution in [0.25, 0.3) is 11.3 Å². The minimum atomic E-state index is -0.360. The van der Waals surface area contributed by atoms with E-state index in [0.29, 0.717) is 0 Å². The minimum absolute atomic E-state index is 0.100. The lowest BCUT2D eigenvalue weighted by molar-refractivity contribution is -0.384.